The van der Waals surface area contributed by atoms with Gasteiger partial charge in [0, 0.05) is 6.08 Å². The Hall–Kier alpha value is -1.42. The number of aliphatic carboxylic acids is 1. The van der Waals surface area contributed by atoms with Crippen molar-refractivity contribution in [3.8, 4) is 0 Å². The summed E-state index contributed by atoms with van der Waals surface area (Å²) in [4.78, 5) is 21.1. The maximum Gasteiger partial charge on any atom is 0.328 e. The number of carboxylic acids is 1. The highest BCUT2D eigenvalue weighted by Gasteiger charge is 2.11. The van der Waals surface area contributed by atoms with Gasteiger partial charge in [0.25, 0.3) is 0 Å². The Kier molecular flexibility index (Phi) is 4.43. The van der Waals surface area contributed by atoms with E-state index in [4.69, 9.17) is 5.11 Å². The minimum absolute atomic E-state index is 0.0360. The van der Waals surface area contributed by atoms with Gasteiger partial charge < -0.3 is 5.11 Å². The Morgan fingerprint density at radius 2 is 1.88 bits per heavy atom. The van der Waals surface area contributed by atoms with Crippen molar-refractivity contribution in [1.82, 2.24) is 0 Å². The van der Waals surface area contributed by atoms with Gasteiger partial charge in [-0.25, -0.2) is 4.79 Å². The minimum atomic E-state index is -0.980. The zero-order chi connectivity index (χ0) is 12.1. The molecule has 1 unspecified atom stereocenters. The van der Waals surface area contributed by atoms with Crippen molar-refractivity contribution in [3.05, 3.63) is 41.5 Å². The third-order valence-electron chi connectivity index (χ3n) is 2.00. The fourth-order valence-electron chi connectivity index (χ4n) is 1.18. The van der Waals surface area contributed by atoms with Crippen LogP contribution in [0.4, 0.5) is 0 Å². The first-order valence-electron chi connectivity index (χ1n) is 4.66. The largest absolute Gasteiger partial charge is 0.478 e. The monoisotopic (exact) mass is 282 g/mol. The molecule has 0 aliphatic carbocycles. The van der Waals surface area contributed by atoms with Gasteiger partial charge >= 0.3 is 5.97 Å². The number of benzene rings is 1. The molecule has 0 spiro atoms. The van der Waals surface area contributed by atoms with Gasteiger partial charge in [0.15, 0.2) is 0 Å². The van der Waals surface area contributed by atoms with Gasteiger partial charge in [-0.05, 0) is 24.1 Å². The smallest absolute Gasteiger partial charge is 0.328 e. The minimum Gasteiger partial charge on any atom is -0.478 e. The average Bonchev–Trinajstić information content (AvgIpc) is 2.26. The first-order valence-corrected chi connectivity index (χ1v) is 5.58. The van der Waals surface area contributed by atoms with Gasteiger partial charge in [0.05, 0.1) is 4.83 Å². The summed E-state index contributed by atoms with van der Waals surface area (Å²) in [6.07, 6.45) is 2.58. The number of Topliss-reactive ketones (excluding diaryl/α,β-unsaturated/α-hetero) is 1. The summed E-state index contributed by atoms with van der Waals surface area (Å²) in [5, 5.41) is 8.45. The van der Waals surface area contributed by atoms with Gasteiger partial charge in [-0.15, -0.1) is 0 Å². The van der Waals surface area contributed by atoms with E-state index in [0.29, 0.717) is 0 Å². The summed E-state index contributed by atoms with van der Waals surface area (Å²) in [6, 6.07) is 7.13. The third kappa shape index (κ3) is 3.62. The van der Waals surface area contributed by atoms with Crippen LogP contribution in [0.25, 0.3) is 6.08 Å². The van der Waals surface area contributed by atoms with E-state index < -0.39 is 5.97 Å². The molecule has 0 aliphatic rings. The van der Waals surface area contributed by atoms with Gasteiger partial charge in [0.2, 0.25) is 0 Å². The van der Waals surface area contributed by atoms with Gasteiger partial charge in [-0.1, -0.05) is 40.2 Å². The number of rotatable bonds is 4. The molecule has 0 amide bonds. The van der Waals surface area contributed by atoms with Crippen LogP contribution in [0.3, 0.4) is 0 Å². The molecule has 84 valence electrons. The molecule has 1 rings (SSSR count). The molecule has 0 aromatic heterocycles. The predicted molar refractivity (Wildman–Crippen MR) is 65.5 cm³/mol. The fraction of sp³-hybridized carbons (Fsp3) is 0.167. The third-order valence-corrected chi connectivity index (χ3v) is 3.18. The standard InChI is InChI=1S/C12H11BrO3/c1-8(14)12(13)10-5-2-9(3-6-10)4-7-11(15)16/h2-7,12H,1H3,(H,15,16). The van der Waals surface area contributed by atoms with Crippen molar-refractivity contribution < 1.29 is 14.7 Å². The SMILES string of the molecule is CC(=O)C(Br)c1ccc(C=CC(=O)O)cc1. The molecule has 0 bridgehead atoms. The number of hydrogen-bond donors (Lipinski definition) is 1. The normalized spacial score (nSPS) is 12.6. The fourth-order valence-corrected chi connectivity index (χ4v) is 1.48. The lowest BCUT2D eigenvalue weighted by Crippen LogP contribution is -2.00. The zero-order valence-electron chi connectivity index (χ0n) is 8.68. The van der Waals surface area contributed by atoms with Crippen molar-refractivity contribution in [2.45, 2.75) is 11.8 Å². The number of halogens is 1. The average molecular weight is 283 g/mol. The van der Waals surface area contributed by atoms with E-state index in [1.165, 1.54) is 13.0 Å². The molecule has 4 heteroatoms. The number of hydrogen-bond acceptors (Lipinski definition) is 2. The van der Waals surface area contributed by atoms with E-state index in [0.717, 1.165) is 17.2 Å². The number of carbonyl (C=O) groups is 2. The molecule has 0 radical (unpaired) electrons. The first-order chi connectivity index (χ1) is 7.50. The topological polar surface area (TPSA) is 54.4 Å². The van der Waals surface area contributed by atoms with E-state index in [1.807, 2.05) is 0 Å². The first kappa shape index (κ1) is 12.6. The van der Waals surface area contributed by atoms with Crippen molar-refractivity contribution in [2.24, 2.45) is 0 Å². The quantitative estimate of drug-likeness (QED) is 0.683. The second kappa shape index (κ2) is 5.61. The Morgan fingerprint density at radius 3 is 2.31 bits per heavy atom. The van der Waals surface area contributed by atoms with E-state index in [2.05, 4.69) is 15.9 Å². The molecule has 1 aromatic rings. The lowest BCUT2D eigenvalue weighted by molar-refractivity contribution is -0.131. The summed E-state index contributed by atoms with van der Waals surface area (Å²) in [6.45, 7) is 1.51. The Bertz CT molecular complexity index is 420. The van der Waals surface area contributed by atoms with Crippen molar-refractivity contribution in [2.75, 3.05) is 0 Å². The Morgan fingerprint density at radius 1 is 1.31 bits per heavy atom. The second-order valence-corrected chi connectivity index (χ2v) is 4.23. The number of carbonyl (C=O) groups excluding carboxylic acids is 1. The highest BCUT2D eigenvalue weighted by molar-refractivity contribution is 9.09. The Balaban J connectivity index is 2.83. The van der Waals surface area contributed by atoms with Crippen molar-refractivity contribution >= 4 is 33.8 Å². The molecule has 1 aromatic carbocycles. The van der Waals surface area contributed by atoms with Crippen LogP contribution in [-0.2, 0) is 9.59 Å². The van der Waals surface area contributed by atoms with Crippen LogP contribution in [0, 0.1) is 0 Å². The van der Waals surface area contributed by atoms with E-state index >= 15 is 0 Å². The summed E-state index contributed by atoms with van der Waals surface area (Å²) in [5.41, 5.74) is 1.65. The highest BCUT2D eigenvalue weighted by atomic mass is 79.9. The van der Waals surface area contributed by atoms with Crippen LogP contribution in [0.2, 0.25) is 0 Å². The van der Waals surface area contributed by atoms with Crippen molar-refractivity contribution in [3.63, 3.8) is 0 Å². The van der Waals surface area contributed by atoms with Crippen LogP contribution >= 0.6 is 15.9 Å². The van der Waals surface area contributed by atoms with Crippen LogP contribution in [0.5, 0.6) is 0 Å². The van der Waals surface area contributed by atoms with Crippen LogP contribution < -0.4 is 0 Å². The number of ketones is 1. The van der Waals surface area contributed by atoms with E-state index in [1.54, 1.807) is 24.3 Å². The molecule has 16 heavy (non-hydrogen) atoms. The molecule has 0 saturated heterocycles. The van der Waals surface area contributed by atoms with Crippen LogP contribution in [-0.4, -0.2) is 16.9 Å². The highest BCUT2D eigenvalue weighted by Crippen LogP contribution is 2.23. The molecular weight excluding hydrogens is 272 g/mol. The maximum absolute atomic E-state index is 11.1. The number of alkyl halides is 1. The van der Waals surface area contributed by atoms with Gasteiger partial charge in [-0.3, -0.25) is 4.79 Å². The predicted octanol–water partition coefficient (Wildman–Crippen LogP) is 2.81. The number of carboxylic acid groups (broad SMARTS) is 1. The summed E-state index contributed by atoms with van der Waals surface area (Å²) in [5.74, 6) is -0.944. The zero-order valence-corrected chi connectivity index (χ0v) is 10.3. The van der Waals surface area contributed by atoms with E-state index in [-0.39, 0.29) is 10.6 Å². The molecule has 0 saturated carbocycles. The van der Waals surface area contributed by atoms with E-state index in [9.17, 15) is 9.59 Å². The second-order valence-electron chi connectivity index (χ2n) is 3.31. The molecular formula is C12H11BrO3. The Labute approximate surface area is 102 Å². The van der Waals surface area contributed by atoms with Gasteiger partial charge in [-0.2, -0.15) is 0 Å². The summed E-state index contributed by atoms with van der Waals surface area (Å²) in [7, 11) is 0. The van der Waals surface area contributed by atoms with Crippen LogP contribution in [0.15, 0.2) is 30.3 Å². The maximum atomic E-state index is 11.1. The molecule has 3 nitrogen and oxygen atoms in total. The molecule has 1 N–H and O–H groups in total. The summed E-state index contributed by atoms with van der Waals surface area (Å²) < 4.78 is 0. The lowest BCUT2D eigenvalue weighted by atomic mass is 10.1. The summed E-state index contributed by atoms with van der Waals surface area (Å²) >= 11 is 3.28. The molecule has 1 atom stereocenters. The van der Waals surface area contributed by atoms with Crippen molar-refractivity contribution in [1.29, 1.82) is 0 Å². The molecule has 0 heterocycles. The van der Waals surface area contributed by atoms with Gasteiger partial charge in [0.1, 0.15) is 5.78 Å². The van der Waals surface area contributed by atoms with Crippen LogP contribution in [0.1, 0.15) is 22.9 Å². The molecule has 0 aliphatic heterocycles. The lowest BCUT2D eigenvalue weighted by Gasteiger charge is -2.05. The molecule has 0 fully saturated rings.